The van der Waals surface area contributed by atoms with Crippen LogP contribution in [0.25, 0.3) is 11.1 Å². The Morgan fingerprint density at radius 3 is 2.05 bits per heavy atom. The van der Waals surface area contributed by atoms with Crippen LogP contribution in [0.15, 0.2) is 48.5 Å². The zero-order valence-electron chi connectivity index (χ0n) is 10.7. The van der Waals surface area contributed by atoms with Crippen molar-refractivity contribution in [2.45, 2.75) is 5.34 Å². The molecular formula is C15H11O4P. The normalized spacial score (nSPS) is 20.1. The van der Waals surface area contributed by atoms with E-state index in [1.807, 2.05) is 18.2 Å². The van der Waals surface area contributed by atoms with E-state index in [4.69, 9.17) is 4.74 Å². The van der Waals surface area contributed by atoms with Crippen LogP contribution in [-0.4, -0.2) is 12.9 Å². The summed E-state index contributed by atoms with van der Waals surface area (Å²) >= 11 is 0. The van der Waals surface area contributed by atoms with Crippen LogP contribution in [0.5, 0.6) is 0 Å². The number of hydrogen-bond donors (Lipinski definition) is 0. The fourth-order valence-electron chi connectivity index (χ4n) is 2.69. The van der Waals surface area contributed by atoms with Crippen molar-refractivity contribution in [3.05, 3.63) is 59.7 Å². The SMILES string of the molecule is COC1(P(=O)=O)C(=O)c2ccccc2-c2ccccc21. The minimum absolute atomic E-state index is 0.368. The number of fused-ring (bicyclic) bond motifs is 3. The minimum Gasteiger partial charge on any atom is -0.353 e. The second-order valence-electron chi connectivity index (χ2n) is 4.53. The Morgan fingerprint density at radius 2 is 1.45 bits per heavy atom. The summed E-state index contributed by atoms with van der Waals surface area (Å²) in [4.78, 5) is 12.7. The van der Waals surface area contributed by atoms with Gasteiger partial charge in [0.1, 0.15) is 0 Å². The van der Waals surface area contributed by atoms with Gasteiger partial charge in [-0.2, -0.15) is 0 Å². The zero-order chi connectivity index (χ0) is 14.3. The maximum atomic E-state index is 12.7. The third-order valence-electron chi connectivity index (χ3n) is 3.61. The van der Waals surface area contributed by atoms with Gasteiger partial charge in [0, 0.05) is 18.2 Å². The van der Waals surface area contributed by atoms with Crippen LogP contribution < -0.4 is 0 Å². The van der Waals surface area contributed by atoms with Crippen LogP contribution in [0.3, 0.4) is 0 Å². The molecule has 0 amide bonds. The Balaban J connectivity index is 2.46. The van der Waals surface area contributed by atoms with Crippen molar-refractivity contribution in [2.24, 2.45) is 0 Å². The smallest absolute Gasteiger partial charge is 0.353 e. The van der Waals surface area contributed by atoms with Crippen LogP contribution in [0.2, 0.25) is 0 Å². The van der Waals surface area contributed by atoms with Gasteiger partial charge in [-0.1, -0.05) is 48.5 Å². The lowest BCUT2D eigenvalue weighted by atomic mass is 9.82. The highest BCUT2D eigenvalue weighted by Gasteiger charge is 2.52. The van der Waals surface area contributed by atoms with Crippen LogP contribution in [0.4, 0.5) is 0 Å². The molecule has 5 heteroatoms. The molecule has 2 aromatic rings. The molecule has 20 heavy (non-hydrogen) atoms. The zero-order valence-corrected chi connectivity index (χ0v) is 11.6. The molecule has 0 saturated carbocycles. The minimum atomic E-state index is -3.13. The molecule has 3 rings (SSSR count). The molecule has 0 saturated heterocycles. The molecule has 0 bridgehead atoms. The first-order valence-electron chi connectivity index (χ1n) is 6.06. The van der Waals surface area contributed by atoms with Gasteiger partial charge < -0.3 is 4.74 Å². The summed E-state index contributed by atoms with van der Waals surface area (Å²) in [5, 5.41) is -1.93. The van der Waals surface area contributed by atoms with Gasteiger partial charge in [0.05, 0.1) is 0 Å². The van der Waals surface area contributed by atoms with E-state index in [0.717, 1.165) is 5.56 Å². The molecule has 1 atom stereocenters. The van der Waals surface area contributed by atoms with Crippen LogP contribution in [0, 0.1) is 0 Å². The fraction of sp³-hybridized carbons (Fsp3) is 0.133. The number of carbonyl (C=O) groups excluding carboxylic acids is 1. The van der Waals surface area contributed by atoms with Crippen LogP contribution in [-0.2, 0) is 19.2 Å². The second-order valence-corrected chi connectivity index (χ2v) is 5.67. The average molecular weight is 286 g/mol. The fourth-order valence-corrected chi connectivity index (χ4v) is 3.52. The van der Waals surface area contributed by atoms with E-state index in [-0.39, 0.29) is 0 Å². The first-order valence-corrected chi connectivity index (χ1v) is 7.24. The van der Waals surface area contributed by atoms with E-state index in [2.05, 4.69) is 0 Å². The van der Waals surface area contributed by atoms with Gasteiger partial charge in [-0.3, -0.25) is 4.79 Å². The van der Waals surface area contributed by atoms with Crippen LogP contribution in [0.1, 0.15) is 15.9 Å². The maximum absolute atomic E-state index is 12.7. The number of carbonyl (C=O) groups is 1. The molecule has 1 aliphatic carbocycles. The molecule has 2 aromatic carbocycles. The van der Waals surface area contributed by atoms with Crippen molar-refractivity contribution in [1.82, 2.24) is 0 Å². The van der Waals surface area contributed by atoms with Gasteiger partial charge in [0.2, 0.25) is 5.78 Å². The van der Waals surface area contributed by atoms with Gasteiger partial charge in [-0.05, 0) is 11.1 Å². The summed E-state index contributed by atoms with van der Waals surface area (Å²) in [6.07, 6.45) is 0. The van der Waals surface area contributed by atoms with E-state index < -0.39 is 18.8 Å². The van der Waals surface area contributed by atoms with Gasteiger partial charge in [0.25, 0.3) is 5.34 Å². The lowest BCUT2D eigenvalue weighted by molar-refractivity contribution is 0.0412. The predicted octanol–water partition coefficient (Wildman–Crippen LogP) is 3.52. The highest BCUT2D eigenvalue weighted by molar-refractivity contribution is 7.34. The van der Waals surface area contributed by atoms with Gasteiger partial charge in [-0.15, -0.1) is 0 Å². The largest absolute Gasteiger partial charge is 0.361 e. The highest BCUT2D eigenvalue weighted by atomic mass is 31.1. The molecule has 0 heterocycles. The van der Waals surface area contributed by atoms with Crippen molar-refractivity contribution in [1.29, 1.82) is 0 Å². The number of methoxy groups -OCH3 is 1. The standard InChI is InChI=1S/C15H11O4P/c1-19-15(20(17)18)13-9-5-4-7-11(13)10-6-2-3-8-12(10)14(15)16/h2-9H,1H3. The number of ether oxygens (including phenoxy) is 1. The third-order valence-corrected chi connectivity index (χ3v) is 4.76. The van der Waals surface area contributed by atoms with E-state index in [0.29, 0.717) is 16.7 Å². The van der Waals surface area contributed by atoms with E-state index in [1.54, 1.807) is 30.3 Å². The van der Waals surface area contributed by atoms with E-state index in [1.165, 1.54) is 7.11 Å². The molecule has 100 valence electrons. The molecule has 4 nitrogen and oxygen atoms in total. The van der Waals surface area contributed by atoms with Crippen molar-refractivity contribution >= 4 is 13.5 Å². The number of ketones is 1. The average Bonchev–Trinajstić information content (AvgIpc) is 2.48. The second kappa shape index (κ2) is 4.51. The Bertz CT molecular complexity index is 771. The first-order chi connectivity index (χ1) is 9.63. The maximum Gasteiger partial charge on any atom is 0.361 e. The quantitative estimate of drug-likeness (QED) is 0.792. The highest BCUT2D eigenvalue weighted by Crippen LogP contribution is 2.51. The first kappa shape index (κ1) is 13.0. The van der Waals surface area contributed by atoms with Gasteiger partial charge in [-0.25, -0.2) is 9.13 Å². The Labute approximate surface area is 116 Å². The Kier molecular flexibility index (Phi) is 2.93. The molecule has 0 spiro atoms. The summed E-state index contributed by atoms with van der Waals surface area (Å²) < 4.78 is 28.8. The van der Waals surface area contributed by atoms with E-state index in [9.17, 15) is 13.9 Å². The van der Waals surface area contributed by atoms with Crippen molar-refractivity contribution in [3.63, 3.8) is 0 Å². The van der Waals surface area contributed by atoms with Gasteiger partial charge in [0.15, 0.2) is 0 Å². The number of rotatable bonds is 2. The lowest BCUT2D eigenvalue weighted by Gasteiger charge is -2.31. The number of benzene rings is 2. The topological polar surface area (TPSA) is 60.4 Å². The summed E-state index contributed by atoms with van der Waals surface area (Å²) in [7, 11) is -1.88. The van der Waals surface area contributed by atoms with Crippen molar-refractivity contribution in [2.75, 3.05) is 7.11 Å². The van der Waals surface area contributed by atoms with Crippen molar-refractivity contribution < 1.29 is 18.7 Å². The molecule has 0 radical (unpaired) electrons. The van der Waals surface area contributed by atoms with Crippen LogP contribution >= 0.6 is 7.68 Å². The van der Waals surface area contributed by atoms with Gasteiger partial charge >= 0.3 is 7.68 Å². The lowest BCUT2D eigenvalue weighted by Crippen LogP contribution is -2.36. The van der Waals surface area contributed by atoms with Crippen molar-refractivity contribution in [3.8, 4) is 11.1 Å². The number of hydrogen-bond acceptors (Lipinski definition) is 4. The summed E-state index contributed by atoms with van der Waals surface area (Å²) in [6.45, 7) is 0. The van der Waals surface area contributed by atoms with E-state index >= 15 is 0 Å². The monoisotopic (exact) mass is 286 g/mol. The Morgan fingerprint density at radius 1 is 0.900 bits per heavy atom. The summed E-state index contributed by atoms with van der Waals surface area (Å²) in [6, 6.07) is 13.9. The number of Topliss-reactive ketones (excluding diaryl/α,β-unsaturated/α-hetero) is 1. The summed E-state index contributed by atoms with van der Waals surface area (Å²) in [5.74, 6) is -0.537. The Hall–Kier alpha value is -2.03. The molecule has 0 fully saturated rings. The molecule has 1 unspecified atom stereocenters. The molecule has 1 aliphatic rings. The molecular weight excluding hydrogens is 275 g/mol. The molecule has 0 aliphatic heterocycles. The predicted molar refractivity (Wildman–Crippen MR) is 73.2 cm³/mol. The summed E-state index contributed by atoms with van der Waals surface area (Å²) in [5.41, 5.74) is 2.19. The molecule has 0 aromatic heterocycles. The molecule has 0 N–H and O–H groups in total. The third kappa shape index (κ3) is 1.49.